The molecule has 0 radical (unpaired) electrons. The normalized spacial score (nSPS) is 17.3. The standard InChI is InChI=1S/C14H23N3O/c1-2-13(15)14-7-6-12(10-16-14)17(8-9-18)11-4-3-5-11/h6-7,10-11,13,18H,2-5,8-9,15H2,1H3. The first-order valence-electron chi connectivity index (χ1n) is 6.85. The van der Waals surface area contributed by atoms with Crippen LogP contribution in [-0.4, -0.2) is 29.3 Å². The van der Waals surface area contributed by atoms with Crippen molar-refractivity contribution in [1.29, 1.82) is 0 Å². The fourth-order valence-corrected chi connectivity index (χ4v) is 2.32. The van der Waals surface area contributed by atoms with E-state index >= 15 is 0 Å². The van der Waals surface area contributed by atoms with Crippen molar-refractivity contribution in [2.24, 2.45) is 5.73 Å². The maximum absolute atomic E-state index is 9.17. The molecular formula is C14H23N3O. The van der Waals surface area contributed by atoms with Gasteiger partial charge in [0.05, 0.1) is 24.2 Å². The van der Waals surface area contributed by atoms with Crippen LogP contribution in [0.1, 0.15) is 44.3 Å². The first kappa shape index (κ1) is 13.3. The van der Waals surface area contributed by atoms with Gasteiger partial charge in [0.1, 0.15) is 0 Å². The summed E-state index contributed by atoms with van der Waals surface area (Å²) in [6.07, 6.45) is 6.51. The highest BCUT2D eigenvalue weighted by Gasteiger charge is 2.25. The van der Waals surface area contributed by atoms with Crippen LogP contribution in [0.2, 0.25) is 0 Å². The van der Waals surface area contributed by atoms with Gasteiger partial charge in [-0.3, -0.25) is 4.98 Å². The molecule has 0 aliphatic heterocycles. The largest absolute Gasteiger partial charge is 0.395 e. The van der Waals surface area contributed by atoms with Gasteiger partial charge in [-0.15, -0.1) is 0 Å². The summed E-state index contributed by atoms with van der Waals surface area (Å²) in [5, 5.41) is 9.17. The van der Waals surface area contributed by atoms with E-state index in [4.69, 9.17) is 10.8 Å². The summed E-state index contributed by atoms with van der Waals surface area (Å²) in [5.74, 6) is 0. The summed E-state index contributed by atoms with van der Waals surface area (Å²) in [6, 6.07) is 4.68. The predicted octanol–water partition coefficient (Wildman–Crippen LogP) is 1.84. The quantitative estimate of drug-likeness (QED) is 0.807. The fourth-order valence-electron chi connectivity index (χ4n) is 2.32. The number of rotatable bonds is 6. The summed E-state index contributed by atoms with van der Waals surface area (Å²) < 4.78 is 0. The number of aliphatic hydroxyl groups excluding tert-OH is 1. The summed E-state index contributed by atoms with van der Waals surface area (Å²) in [4.78, 5) is 6.71. The van der Waals surface area contributed by atoms with Gasteiger partial charge in [0, 0.05) is 18.6 Å². The molecule has 1 unspecified atom stereocenters. The van der Waals surface area contributed by atoms with Gasteiger partial charge in [0.15, 0.2) is 0 Å². The van der Waals surface area contributed by atoms with Crippen molar-refractivity contribution in [3.63, 3.8) is 0 Å². The van der Waals surface area contributed by atoms with Crippen LogP contribution in [0.4, 0.5) is 5.69 Å². The number of nitrogens with two attached hydrogens (primary N) is 1. The van der Waals surface area contributed by atoms with Gasteiger partial charge in [-0.25, -0.2) is 0 Å². The molecule has 18 heavy (non-hydrogen) atoms. The van der Waals surface area contributed by atoms with Crippen molar-refractivity contribution >= 4 is 5.69 Å². The molecule has 1 aliphatic carbocycles. The zero-order valence-corrected chi connectivity index (χ0v) is 11.0. The van der Waals surface area contributed by atoms with Gasteiger partial charge < -0.3 is 15.7 Å². The van der Waals surface area contributed by atoms with Crippen molar-refractivity contribution in [3.05, 3.63) is 24.0 Å². The Kier molecular flexibility index (Phi) is 4.55. The Bertz CT molecular complexity index is 362. The molecule has 4 nitrogen and oxygen atoms in total. The molecule has 4 heteroatoms. The van der Waals surface area contributed by atoms with Gasteiger partial charge in [-0.05, 0) is 37.8 Å². The van der Waals surface area contributed by atoms with Crippen LogP contribution in [0.5, 0.6) is 0 Å². The molecule has 1 heterocycles. The van der Waals surface area contributed by atoms with Crippen LogP contribution in [0.25, 0.3) is 0 Å². The zero-order chi connectivity index (χ0) is 13.0. The summed E-state index contributed by atoms with van der Waals surface area (Å²) in [7, 11) is 0. The molecule has 2 rings (SSSR count). The minimum atomic E-state index is 0.0223. The highest BCUT2D eigenvalue weighted by atomic mass is 16.3. The minimum Gasteiger partial charge on any atom is -0.395 e. The average molecular weight is 249 g/mol. The number of hydrogen-bond donors (Lipinski definition) is 2. The third kappa shape index (κ3) is 2.82. The van der Waals surface area contributed by atoms with Gasteiger partial charge in [0.2, 0.25) is 0 Å². The second-order valence-corrected chi connectivity index (χ2v) is 4.96. The molecule has 0 spiro atoms. The third-order valence-electron chi connectivity index (χ3n) is 3.78. The Labute approximate surface area is 109 Å². The molecule has 1 fully saturated rings. The fraction of sp³-hybridized carbons (Fsp3) is 0.643. The Hall–Kier alpha value is -1.13. The summed E-state index contributed by atoms with van der Waals surface area (Å²) in [5.41, 5.74) is 8.00. The lowest BCUT2D eigenvalue weighted by Gasteiger charge is -2.38. The highest BCUT2D eigenvalue weighted by molar-refractivity contribution is 5.46. The molecule has 0 amide bonds. The molecule has 3 N–H and O–H groups in total. The predicted molar refractivity (Wildman–Crippen MR) is 73.5 cm³/mol. The van der Waals surface area contributed by atoms with Crippen LogP contribution in [0.3, 0.4) is 0 Å². The first-order chi connectivity index (χ1) is 8.76. The van der Waals surface area contributed by atoms with E-state index in [0.29, 0.717) is 12.6 Å². The van der Waals surface area contributed by atoms with E-state index < -0.39 is 0 Å². The van der Waals surface area contributed by atoms with Crippen molar-refractivity contribution < 1.29 is 5.11 Å². The van der Waals surface area contributed by atoms with E-state index in [1.54, 1.807) is 0 Å². The molecular weight excluding hydrogens is 226 g/mol. The lowest BCUT2D eigenvalue weighted by molar-refractivity contribution is 0.283. The summed E-state index contributed by atoms with van der Waals surface area (Å²) in [6.45, 7) is 2.94. The topological polar surface area (TPSA) is 62.4 Å². The Morgan fingerprint density at radius 3 is 2.72 bits per heavy atom. The van der Waals surface area contributed by atoms with Crippen LogP contribution in [-0.2, 0) is 0 Å². The second-order valence-electron chi connectivity index (χ2n) is 4.96. The Balaban J connectivity index is 2.10. The molecule has 1 atom stereocenters. The van der Waals surface area contributed by atoms with Gasteiger partial charge in [-0.1, -0.05) is 6.92 Å². The van der Waals surface area contributed by atoms with Gasteiger partial charge >= 0.3 is 0 Å². The van der Waals surface area contributed by atoms with Crippen molar-refractivity contribution in [2.75, 3.05) is 18.1 Å². The van der Waals surface area contributed by atoms with E-state index in [0.717, 1.165) is 17.8 Å². The van der Waals surface area contributed by atoms with E-state index in [1.807, 2.05) is 12.3 Å². The van der Waals surface area contributed by atoms with E-state index in [1.165, 1.54) is 19.3 Å². The maximum Gasteiger partial charge on any atom is 0.0606 e. The monoisotopic (exact) mass is 249 g/mol. The smallest absolute Gasteiger partial charge is 0.0606 e. The lowest BCUT2D eigenvalue weighted by atomic mass is 9.91. The number of anilines is 1. The van der Waals surface area contributed by atoms with Crippen LogP contribution >= 0.6 is 0 Å². The van der Waals surface area contributed by atoms with Crippen molar-refractivity contribution in [2.45, 2.75) is 44.7 Å². The molecule has 1 aromatic heterocycles. The number of nitrogens with zero attached hydrogens (tertiary/aromatic N) is 2. The van der Waals surface area contributed by atoms with E-state index in [9.17, 15) is 0 Å². The zero-order valence-electron chi connectivity index (χ0n) is 11.0. The van der Waals surface area contributed by atoms with E-state index in [-0.39, 0.29) is 12.6 Å². The SMILES string of the molecule is CCC(N)c1ccc(N(CCO)C2CCC2)cn1. The molecule has 1 aromatic rings. The van der Waals surface area contributed by atoms with E-state index in [2.05, 4.69) is 22.9 Å². The van der Waals surface area contributed by atoms with Crippen LogP contribution in [0.15, 0.2) is 18.3 Å². The molecule has 0 saturated heterocycles. The maximum atomic E-state index is 9.17. The summed E-state index contributed by atoms with van der Waals surface area (Å²) >= 11 is 0. The average Bonchev–Trinajstić information content (AvgIpc) is 2.35. The minimum absolute atomic E-state index is 0.0223. The van der Waals surface area contributed by atoms with Crippen molar-refractivity contribution in [1.82, 2.24) is 4.98 Å². The molecule has 0 aromatic carbocycles. The highest BCUT2D eigenvalue weighted by Crippen LogP contribution is 2.29. The Morgan fingerprint density at radius 1 is 1.50 bits per heavy atom. The van der Waals surface area contributed by atoms with Gasteiger partial charge in [-0.2, -0.15) is 0 Å². The molecule has 1 aliphatic rings. The number of pyridine rings is 1. The van der Waals surface area contributed by atoms with Crippen LogP contribution < -0.4 is 10.6 Å². The molecule has 100 valence electrons. The Morgan fingerprint density at radius 2 is 2.28 bits per heavy atom. The third-order valence-corrected chi connectivity index (χ3v) is 3.78. The van der Waals surface area contributed by atoms with Crippen molar-refractivity contribution in [3.8, 4) is 0 Å². The number of aliphatic hydroxyl groups is 1. The number of aromatic nitrogens is 1. The molecule has 0 bridgehead atoms. The van der Waals surface area contributed by atoms with Crippen LogP contribution in [0, 0.1) is 0 Å². The first-order valence-corrected chi connectivity index (χ1v) is 6.85. The number of hydrogen-bond acceptors (Lipinski definition) is 4. The second kappa shape index (κ2) is 6.16. The lowest BCUT2D eigenvalue weighted by Crippen LogP contribution is -2.42. The molecule has 1 saturated carbocycles. The van der Waals surface area contributed by atoms with Gasteiger partial charge in [0.25, 0.3) is 0 Å².